The van der Waals surface area contributed by atoms with E-state index in [1.807, 2.05) is 35.2 Å². The fourth-order valence-corrected chi connectivity index (χ4v) is 11.5. The van der Waals surface area contributed by atoms with Crippen LogP contribution in [0, 0.1) is 12.3 Å². The predicted molar refractivity (Wildman–Crippen MR) is 220 cm³/mol. The van der Waals surface area contributed by atoms with Crippen molar-refractivity contribution in [2.75, 3.05) is 60.5 Å². The molecule has 8 heteroatoms. The first-order chi connectivity index (χ1) is 27.0. The van der Waals surface area contributed by atoms with E-state index < -0.39 is 5.54 Å². The van der Waals surface area contributed by atoms with Gasteiger partial charge >= 0.3 is 0 Å². The summed E-state index contributed by atoms with van der Waals surface area (Å²) in [4.78, 5) is 32.9. The Hall–Kier alpha value is -4.84. The van der Waals surface area contributed by atoms with E-state index in [1.165, 1.54) is 33.6 Å². The highest BCUT2D eigenvalue weighted by molar-refractivity contribution is 6.14. The molecule has 3 atom stereocenters. The van der Waals surface area contributed by atoms with Gasteiger partial charge in [-0.2, -0.15) is 0 Å². The summed E-state index contributed by atoms with van der Waals surface area (Å²) in [6.07, 6.45) is 13.4. The smallest absolute Gasteiger partial charge is 0.261 e. The Morgan fingerprint density at radius 3 is 2.29 bits per heavy atom. The summed E-state index contributed by atoms with van der Waals surface area (Å²) in [6, 6.07) is 19.3. The van der Waals surface area contributed by atoms with Crippen LogP contribution in [0.25, 0.3) is 0 Å². The number of aromatic nitrogens is 1. The standard InChI is InChI=1S/C47H52N6O2/c1-6-32-17-13-21-40(48-32)53-46(54)34-18-11-12-20-37(34)47(53)38-27-30-16-14-24-51-25-15-19-35(42(30)51)44(38)55-45-36-22-23-41(50(9-4)10-5)52-29-33(49(7-2)8-3)26-31(43(36)52)28-39(45)47/h1,11-13,17-18,20-21,27-28,33,41H,7-10,14-16,19,22-26,29H2,2-5H3. The molecule has 0 N–H and O–H groups in total. The van der Waals surface area contributed by atoms with Crippen molar-refractivity contribution in [2.24, 2.45) is 0 Å². The Kier molecular flexibility index (Phi) is 8.27. The van der Waals surface area contributed by atoms with Crippen molar-refractivity contribution in [2.45, 2.75) is 90.4 Å². The Balaban J connectivity index is 1.32. The molecule has 7 heterocycles. The van der Waals surface area contributed by atoms with E-state index in [1.54, 1.807) is 0 Å². The highest BCUT2D eigenvalue weighted by Crippen LogP contribution is 2.63. The fourth-order valence-electron chi connectivity index (χ4n) is 11.5. The van der Waals surface area contributed by atoms with Gasteiger partial charge in [0.1, 0.15) is 28.5 Å². The van der Waals surface area contributed by atoms with Crippen molar-refractivity contribution < 1.29 is 9.53 Å². The third-order valence-electron chi connectivity index (χ3n) is 13.8. The van der Waals surface area contributed by atoms with Crippen molar-refractivity contribution in [1.82, 2.24) is 14.8 Å². The molecule has 1 spiro atoms. The number of amides is 1. The number of aryl methyl sites for hydroxylation is 1. The van der Waals surface area contributed by atoms with Crippen LogP contribution >= 0.6 is 0 Å². The molecule has 6 aliphatic heterocycles. The van der Waals surface area contributed by atoms with E-state index >= 15 is 4.79 Å². The molecular weight excluding hydrogens is 681 g/mol. The number of ether oxygens (including phenoxy) is 1. The van der Waals surface area contributed by atoms with Gasteiger partial charge in [-0.25, -0.2) is 4.98 Å². The first-order valence-electron chi connectivity index (χ1n) is 20.9. The number of hydrogen-bond donors (Lipinski definition) is 0. The van der Waals surface area contributed by atoms with E-state index in [9.17, 15) is 0 Å². The van der Waals surface area contributed by atoms with Crippen molar-refractivity contribution in [1.29, 1.82) is 0 Å². The van der Waals surface area contributed by atoms with E-state index in [0.717, 1.165) is 119 Å². The van der Waals surface area contributed by atoms with Crippen molar-refractivity contribution >= 4 is 23.1 Å². The average Bonchev–Trinajstić information content (AvgIpc) is 3.48. The molecule has 1 aromatic heterocycles. The number of carbonyl (C=O) groups is 1. The van der Waals surface area contributed by atoms with Crippen molar-refractivity contribution in [3.05, 3.63) is 105 Å². The lowest BCUT2D eigenvalue weighted by Gasteiger charge is -2.52. The van der Waals surface area contributed by atoms with Gasteiger partial charge in [-0.05, 0) is 113 Å². The highest BCUT2D eigenvalue weighted by Gasteiger charge is 2.59. The first-order valence-corrected chi connectivity index (χ1v) is 20.9. The molecule has 0 radical (unpaired) electrons. The first kappa shape index (κ1) is 34.6. The molecule has 55 heavy (non-hydrogen) atoms. The van der Waals surface area contributed by atoms with Crippen molar-refractivity contribution in [3.8, 4) is 23.8 Å². The average molecular weight is 733 g/mol. The second-order valence-corrected chi connectivity index (χ2v) is 16.2. The van der Waals surface area contributed by atoms with E-state index in [0.29, 0.717) is 29.3 Å². The van der Waals surface area contributed by atoms with Gasteiger partial charge in [0.25, 0.3) is 5.91 Å². The lowest BCUT2D eigenvalue weighted by molar-refractivity contribution is 0.0984. The Morgan fingerprint density at radius 1 is 0.836 bits per heavy atom. The summed E-state index contributed by atoms with van der Waals surface area (Å²) in [5, 5.41) is 0. The topological polar surface area (TPSA) is 55.4 Å². The number of hydrogen-bond acceptors (Lipinski definition) is 7. The van der Waals surface area contributed by atoms with Crippen molar-refractivity contribution in [3.63, 3.8) is 0 Å². The van der Waals surface area contributed by atoms with E-state index in [2.05, 4.69) is 77.5 Å². The van der Waals surface area contributed by atoms with Crippen LogP contribution in [0.5, 0.6) is 11.5 Å². The Labute approximate surface area is 326 Å². The lowest BCUT2D eigenvalue weighted by Crippen LogP contribution is -2.58. The number of likely N-dealkylation sites (N-methyl/N-ethyl adjacent to an activating group) is 1. The van der Waals surface area contributed by atoms with Crippen LogP contribution in [0.4, 0.5) is 17.2 Å². The second-order valence-electron chi connectivity index (χ2n) is 16.2. The molecule has 0 saturated carbocycles. The zero-order valence-corrected chi connectivity index (χ0v) is 32.8. The summed E-state index contributed by atoms with van der Waals surface area (Å²) in [5.41, 5.74) is 11.3. The van der Waals surface area contributed by atoms with Gasteiger partial charge in [0.15, 0.2) is 0 Å². The van der Waals surface area contributed by atoms with Crippen LogP contribution in [-0.2, 0) is 31.2 Å². The molecule has 6 aliphatic rings. The van der Waals surface area contributed by atoms with E-state index in [4.69, 9.17) is 16.1 Å². The minimum atomic E-state index is -1.00. The van der Waals surface area contributed by atoms with Crippen LogP contribution in [0.15, 0.2) is 54.6 Å². The number of benzene rings is 3. The number of fused-ring (bicyclic) bond motifs is 8. The van der Waals surface area contributed by atoms with Crippen LogP contribution in [0.2, 0.25) is 0 Å². The van der Waals surface area contributed by atoms with Gasteiger partial charge in [-0.1, -0.05) is 57.9 Å². The number of carbonyl (C=O) groups excluding carboxylic acids is 1. The summed E-state index contributed by atoms with van der Waals surface area (Å²) < 4.78 is 7.58. The zero-order valence-electron chi connectivity index (χ0n) is 32.8. The maximum Gasteiger partial charge on any atom is 0.261 e. The molecule has 4 aromatic rings. The molecular formula is C47H52N6O2. The quantitative estimate of drug-likeness (QED) is 0.183. The zero-order chi connectivity index (χ0) is 37.6. The van der Waals surface area contributed by atoms with Crippen LogP contribution < -0.4 is 19.4 Å². The van der Waals surface area contributed by atoms with Crippen LogP contribution in [-0.4, -0.2) is 78.7 Å². The molecule has 10 rings (SSSR count). The summed E-state index contributed by atoms with van der Waals surface area (Å²) in [7, 11) is 0. The monoisotopic (exact) mass is 732 g/mol. The minimum absolute atomic E-state index is 0.0559. The lowest BCUT2D eigenvalue weighted by atomic mass is 9.70. The Bertz CT molecular complexity index is 2270. The molecule has 3 unspecified atom stereocenters. The normalized spacial score (nSPS) is 22.9. The number of terminal acetylenes is 1. The third-order valence-corrected chi connectivity index (χ3v) is 13.8. The minimum Gasteiger partial charge on any atom is -0.456 e. The molecule has 0 saturated heterocycles. The van der Waals surface area contributed by atoms with Gasteiger partial charge in [0, 0.05) is 70.4 Å². The Morgan fingerprint density at radius 2 is 1.55 bits per heavy atom. The number of rotatable bonds is 7. The molecule has 0 fully saturated rings. The SMILES string of the molecule is C#Cc1cccc(N2C(=O)c3ccccc3C23c2cc4c5c(c2Oc2c3cc3c6c2CCC(N(CC)CC)N6CC(N(CC)CC)C3)CCCN5CCC4)n1. The maximum absolute atomic E-state index is 15.3. The third kappa shape index (κ3) is 4.79. The number of nitrogens with zero attached hydrogens (tertiary/aromatic N) is 6. The molecule has 1 amide bonds. The summed E-state index contributed by atoms with van der Waals surface area (Å²) >= 11 is 0. The van der Waals surface area contributed by atoms with Gasteiger partial charge in [-0.15, -0.1) is 6.42 Å². The van der Waals surface area contributed by atoms with Gasteiger partial charge in [0.2, 0.25) is 0 Å². The fraction of sp³-hybridized carbons (Fsp3) is 0.447. The summed E-state index contributed by atoms with van der Waals surface area (Å²) in [5.74, 6) is 5.14. The summed E-state index contributed by atoms with van der Waals surface area (Å²) in [6.45, 7) is 16.4. The van der Waals surface area contributed by atoms with Crippen LogP contribution in [0.3, 0.4) is 0 Å². The maximum atomic E-state index is 15.3. The molecule has 0 aliphatic carbocycles. The van der Waals surface area contributed by atoms with Gasteiger partial charge < -0.3 is 14.5 Å². The molecule has 0 bridgehead atoms. The second kappa shape index (κ2) is 13.1. The molecule has 3 aromatic carbocycles. The molecule has 282 valence electrons. The van der Waals surface area contributed by atoms with Gasteiger partial charge in [0.05, 0.1) is 6.17 Å². The largest absolute Gasteiger partial charge is 0.456 e. The number of anilines is 3. The molecule has 8 nitrogen and oxygen atoms in total. The van der Waals surface area contributed by atoms with Gasteiger partial charge in [-0.3, -0.25) is 19.5 Å². The predicted octanol–water partition coefficient (Wildman–Crippen LogP) is 7.51. The van der Waals surface area contributed by atoms with E-state index in [-0.39, 0.29) is 5.91 Å². The number of pyridine rings is 1. The highest BCUT2D eigenvalue weighted by atomic mass is 16.5. The van der Waals surface area contributed by atoms with Crippen LogP contribution in [0.1, 0.15) is 102 Å².